The van der Waals surface area contributed by atoms with Crippen LogP contribution in [0, 0.1) is 5.41 Å². The van der Waals surface area contributed by atoms with Gasteiger partial charge in [0, 0.05) is 44.6 Å². The van der Waals surface area contributed by atoms with Crippen LogP contribution in [0.1, 0.15) is 55.9 Å². The molecule has 0 aliphatic carbocycles. The molecule has 0 bridgehead atoms. The van der Waals surface area contributed by atoms with E-state index >= 15 is 0 Å². The molecule has 2 atom stereocenters. The van der Waals surface area contributed by atoms with E-state index in [4.69, 9.17) is 9.26 Å². The summed E-state index contributed by atoms with van der Waals surface area (Å²) in [5.74, 6) is 1.49. The average molecular weight is 347 g/mol. The first-order chi connectivity index (χ1) is 12.3. The lowest BCUT2D eigenvalue weighted by molar-refractivity contribution is -0.144. The van der Waals surface area contributed by atoms with Gasteiger partial charge in [-0.25, -0.2) is 0 Å². The fourth-order valence-corrected chi connectivity index (χ4v) is 4.52. The number of rotatable bonds is 4. The summed E-state index contributed by atoms with van der Waals surface area (Å²) >= 11 is 0. The number of carbonyl (C=O) groups is 1. The lowest BCUT2D eigenvalue weighted by Gasteiger charge is -2.40. The lowest BCUT2D eigenvalue weighted by Crippen LogP contribution is -2.54. The van der Waals surface area contributed by atoms with Crippen LogP contribution in [0.2, 0.25) is 0 Å². The highest BCUT2D eigenvalue weighted by molar-refractivity contribution is 5.83. The predicted octanol–water partition coefficient (Wildman–Crippen LogP) is 2.10. The second-order valence-electron chi connectivity index (χ2n) is 7.87. The SMILES string of the molecule is O=C(N1CCCCC1)[C@@]1(Cc2cc([C@@H]3CCOC3)no2)CCCNC1. The third kappa shape index (κ3) is 3.60. The molecule has 0 radical (unpaired) electrons. The molecule has 6 heteroatoms. The molecule has 1 N–H and O–H groups in total. The monoisotopic (exact) mass is 347 g/mol. The first-order valence-electron chi connectivity index (χ1n) is 9.80. The van der Waals surface area contributed by atoms with Crippen LogP contribution >= 0.6 is 0 Å². The minimum absolute atomic E-state index is 0.307. The number of nitrogens with zero attached hydrogens (tertiary/aromatic N) is 2. The molecule has 4 heterocycles. The standard InChI is InChI=1S/C19H29N3O3/c23-18(22-8-2-1-3-9-22)19(6-4-7-20-14-19)12-16-11-17(21-25-16)15-5-10-24-13-15/h11,15,20H,1-10,12-14H2/t15-,19-/m1/s1. The first kappa shape index (κ1) is 17.0. The number of piperidine rings is 2. The Labute approximate surface area is 149 Å². The van der Waals surface area contributed by atoms with Crippen molar-refractivity contribution in [1.29, 1.82) is 0 Å². The lowest BCUT2D eigenvalue weighted by atomic mass is 9.75. The maximum Gasteiger partial charge on any atom is 0.230 e. The largest absolute Gasteiger partial charge is 0.381 e. The van der Waals surface area contributed by atoms with Gasteiger partial charge in [0.1, 0.15) is 5.76 Å². The Kier molecular flexibility index (Phi) is 5.08. The number of likely N-dealkylation sites (tertiary alicyclic amines) is 1. The van der Waals surface area contributed by atoms with Crippen LogP contribution in [-0.2, 0) is 16.0 Å². The zero-order valence-electron chi connectivity index (χ0n) is 15.0. The molecule has 1 aromatic heterocycles. The number of ether oxygens (including phenoxy) is 1. The van der Waals surface area contributed by atoms with Gasteiger partial charge in [-0.2, -0.15) is 0 Å². The number of aromatic nitrogens is 1. The van der Waals surface area contributed by atoms with Gasteiger partial charge in [-0.1, -0.05) is 5.16 Å². The number of hydrogen-bond acceptors (Lipinski definition) is 5. The van der Waals surface area contributed by atoms with Gasteiger partial charge in [0.15, 0.2) is 0 Å². The van der Waals surface area contributed by atoms with Gasteiger partial charge in [-0.3, -0.25) is 4.79 Å². The highest BCUT2D eigenvalue weighted by atomic mass is 16.5. The van der Waals surface area contributed by atoms with Crippen LogP contribution in [0.25, 0.3) is 0 Å². The van der Waals surface area contributed by atoms with E-state index in [9.17, 15) is 4.79 Å². The van der Waals surface area contributed by atoms with Crippen molar-refractivity contribution in [2.45, 2.75) is 50.9 Å². The topological polar surface area (TPSA) is 67.6 Å². The Morgan fingerprint density at radius 1 is 1.32 bits per heavy atom. The zero-order chi connectivity index (χ0) is 17.1. The fourth-order valence-electron chi connectivity index (χ4n) is 4.52. The van der Waals surface area contributed by atoms with E-state index in [1.54, 1.807) is 0 Å². The minimum atomic E-state index is -0.376. The molecule has 0 saturated carbocycles. The van der Waals surface area contributed by atoms with Gasteiger partial charge < -0.3 is 19.5 Å². The van der Waals surface area contributed by atoms with Crippen molar-refractivity contribution in [2.24, 2.45) is 5.41 Å². The number of hydrogen-bond donors (Lipinski definition) is 1. The summed E-state index contributed by atoms with van der Waals surface area (Å²) in [5, 5.41) is 7.71. The summed E-state index contributed by atoms with van der Waals surface area (Å²) in [5.41, 5.74) is 0.607. The summed E-state index contributed by atoms with van der Waals surface area (Å²) in [7, 11) is 0. The van der Waals surface area contributed by atoms with Crippen LogP contribution in [0.15, 0.2) is 10.6 Å². The van der Waals surface area contributed by atoms with Crippen LogP contribution < -0.4 is 5.32 Å². The summed E-state index contributed by atoms with van der Waals surface area (Å²) < 4.78 is 11.1. The first-order valence-corrected chi connectivity index (χ1v) is 9.80. The number of nitrogens with one attached hydrogen (secondary N) is 1. The van der Waals surface area contributed by atoms with E-state index in [1.165, 1.54) is 6.42 Å². The maximum absolute atomic E-state index is 13.3. The van der Waals surface area contributed by atoms with Gasteiger partial charge in [-0.15, -0.1) is 0 Å². The van der Waals surface area contributed by atoms with Crippen molar-refractivity contribution in [3.63, 3.8) is 0 Å². The normalized spacial score (nSPS) is 30.6. The number of carbonyl (C=O) groups excluding carboxylic acids is 1. The maximum atomic E-state index is 13.3. The van der Waals surface area contributed by atoms with Crippen molar-refractivity contribution >= 4 is 5.91 Å². The van der Waals surface area contributed by atoms with E-state index in [0.717, 1.165) is 83.0 Å². The molecular formula is C19H29N3O3. The third-order valence-electron chi connectivity index (χ3n) is 6.01. The quantitative estimate of drug-likeness (QED) is 0.903. The third-order valence-corrected chi connectivity index (χ3v) is 6.01. The Balaban J connectivity index is 1.51. The molecule has 0 spiro atoms. The van der Waals surface area contributed by atoms with Crippen molar-refractivity contribution in [2.75, 3.05) is 39.4 Å². The number of amides is 1. The van der Waals surface area contributed by atoms with E-state index in [1.807, 2.05) is 0 Å². The van der Waals surface area contributed by atoms with Crippen molar-refractivity contribution < 1.29 is 14.1 Å². The van der Waals surface area contributed by atoms with Gasteiger partial charge in [-0.05, 0) is 45.1 Å². The average Bonchev–Trinajstić information content (AvgIpc) is 3.34. The fraction of sp³-hybridized carbons (Fsp3) is 0.789. The highest BCUT2D eigenvalue weighted by Crippen LogP contribution is 2.35. The Bertz CT molecular complexity index is 582. The molecule has 3 aliphatic rings. The van der Waals surface area contributed by atoms with Crippen molar-refractivity contribution in [3.8, 4) is 0 Å². The molecule has 3 saturated heterocycles. The zero-order valence-corrected chi connectivity index (χ0v) is 15.0. The molecule has 0 aromatic carbocycles. The summed E-state index contributed by atoms with van der Waals surface area (Å²) in [4.78, 5) is 15.4. The second-order valence-corrected chi connectivity index (χ2v) is 7.87. The molecule has 3 aliphatic heterocycles. The Morgan fingerprint density at radius 3 is 2.92 bits per heavy atom. The molecule has 0 unspecified atom stereocenters. The van der Waals surface area contributed by atoms with Crippen molar-refractivity contribution in [1.82, 2.24) is 15.4 Å². The summed E-state index contributed by atoms with van der Waals surface area (Å²) in [6.07, 6.45) is 7.12. The molecule has 6 nitrogen and oxygen atoms in total. The minimum Gasteiger partial charge on any atom is -0.381 e. The van der Waals surface area contributed by atoms with E-state index in [-0.39, 0.29) is 5.41 Å². The van der Waals surface area contributed by atoms with Gasteiger partial charge in [0.2, 0.25) is 5.91 Å². The van der Waals surface area contributed by atoms with Gasteiger partial charge >= 0.3 is 0 Å². The Hall–Kier alpha value is -1.40. The smallest absolute Gasteiger partial charge is 0.230 e. The predicted molar refractivity (Wildman–Crippen MR) is 93.4 cm³/mol. The summed E-state index contributed by atoms with van der Waals surface area (Å²) in [6, 6.07) is 2.05. The van der Waals surface area contributed by atoms with Crippen LogP contribution in [0.5, 0.6) is 0 Å². The molecule has 3 fully saturated rings. The van der Waals surface area contributed by atoms with Crippen LogP contribution in [-0.4, -0.2) is 55.4 Å². The van der Waals surface area contributed by atoms with E-state index in [0.29, 0.717) is 18.2 Å². The molecule has 1 aromatic rings. The second kappa shape index (κ2) is 7.46. The van der Waals surface area contributed by atoms with Crippen LogP contribution in [0.4, 0.5) is 0 Å². The Morgan fingerprint density at radius 2 is 2.20 bits per heavy atom. The molecular weight excluding hydrogens is 318 g/mol. The van der Waals surface area contributed by atoms with E-state index in [2.05, 4.69) is 21.4 Å². The molecule has 25 heavy (non-hydrogen) atoms. The highest BCUT2D eigenvalue weighted by Gasteiger charge is 2.43. The van der Waals surface area contributed by atoms with Crippen molar-refractivity contribution in [3.05, 3.63) is 17.5 Å². The summed E-state index contributed by atoms with van der Waals surface area (Å²) in [6.45, 7) is 5.07. The molecule has 4 rings (SSSR count). The molecule has 1 amide bonds. The van der Waals surface area contributed by atoms with Crippen LogP contribution in [0.3, 0.4) is 0 Å². The molecule has 138 valence electrons. The van der Waals surface area contributed by atoms with E-state index < -0.39 is 0 Å². The van der Waals surface area contributed by atoms with Gasteiger partial charge in [0.25, 0.3) is 0 Å². The van der Waals surface area contributed by atoms with Gasteiger partial charge in [0.05, 0.1) is 17.7 Å².